The number of hydrogen-bond acceptors (Lipinski definition) is 1. The molecule has 1 atom stereocenters. The minimum absolute atomic E-state index is 0.229. The predicted molar refractivity (Wildman–Crippen MR) is 57.2 cm³/mol. The fourth-order valence-electron chi connectivity index (χ4n) is 2.13. The van der Waals surface area contributed by atoms with Gasteiger partial charge in [0.05, 0.1) is 5.92 Å². The van der Waals surface area contributed by atoms with Crippen molar-refractivity contribution in [2.24, 2.45) is 5.92 Å². The van der Waals surface area contributed by atoms with Crippen LogP contribution in [0.25, 0.3) is 0 Å². The molecule has 0 aromatic rings. The molecule has 1 N–H and O–H groups in total. The fourth-order valence-corrected chi connectivity index (χ4v) is 2.13. The maximum atomic E-state index is 11.0. The Kier molecular flexibility index (Phi) is 4.71. The van der Waals surface area contributed by atoms with Gasteiger partial charge in [-0.3, -0.25) is 4.79 Å². The largest absolute Gasteiger partial charge is 0.481 e. The summed E-state index contributed by atoms with van der Waals surface area (Å²) in [5.74, 6) is -0.882. The Bertz CT molecular complexity index is 218. The van der Waals surface area contributed by atoms with E-state index in [9.17, 15) is 4.79 Å². The van der Waals surface area contributed by atoms with Gasteiger partial charge in [0, 0.05) is 0 Å². The van der Waals surface area contributed by atoms with E-state index in [1.54, 1.807) is 0 Å². The predicted octanol–water partition coefficient (Wildman–Crippen LogP) is 3.38. The number of aliphatic carboxylic acids is 1. The summed E-state index contributed by atoms with van der Waals surface area (Å²) in [6.07, 6.45) is 9.89. The van der Waals surface area contributed by atoms with E-state index in [0.29, 0.717) is 0 Å². The van der Waals surface area contributed by atoms with Crippen molar-refractivity contribution in [3.8, 4) is 0 Å². The second-order valence-corrected chi connectivity index (χ2v) is 4.03. The zero-order valence-corrected chi connectivity index (χ0v) is 8.96. The Morgan fingerprint density at radius 2 is 2.14 bits per heavy atom. The summed E-state index contributed by atoms with van der Waals surface area (Å²) in [5.41, 5.74) is 1.17. The molecule has 0 heterocycles. The van der Waals surface area contributed by atoms with Crippen LogP contribution in [-0.2, 0) is 4.79 Å². The number of rotatable bonds is 3. The molecule has 0 bridgehead atoms. The molecule has 0 saturated carbocycles. The summed E-state index contributed by atoms with van der Waals surface area (Å²) in [6, 6.07) is 0. The van der Waals surface area contributed by atoms with Crippen molar-refractivity contribution in [2.75, 3.05) is 0 Å². The third-order valence-electron chi connectivity index (χ3n) is 2.98. The van der Waals surface area contributed by atoms with E-state index < -0.39 is 5.97 Å². The molecule has 0 amide bonds. The number of carbonyl (C=O) groups is 1. The lowest BCUT2D eigenvalue weighted by molar-refractivity contribution is -0.140. The average molecular weight is 196 g/mol. The highest BCUT2D eigenvalue weighted by Gasteiger charge is 2.19. The Balaban J connectivity index is 2.65. The molecule has 0 fully saturated rings. The Morgan fingerprint density at radius 3 is 2.79 bits per heavy atom. The maximum Gasteiger partial charge on any atom is 0.310 e. The first-order valence-electron chi connectivity index (χ1n) is 5.67. The van der Waals surface area contributed by atoms with Gasteiger partial charge in [-0.15, -0.1) is 0 Å². The highest BCUT2D eigenvalue weighted by Crippen LogP contribution is 2.25. The van der Waals surface area contributed by atoms with Crippen molar-refractivity contribution >= 4 is 5.97 Å². The fraction of sp³-hybridized carbons (Fsp3) is 0.750. The van der Waals surface area contributed by atoms with Gasteiger partial charge in [-0.25, -0.2) is 0 Å². The third kappa shape index (κ3) is 3.17. The molecule has 1 aliphatic rings. The van der Waals surface area contributed by atoms with Crippen LogP contribution in [0.3, 0.4) is 0 Å². The average Bonchev–Trinajstić information content (AvgIpc) is 2.08. The monoisotopic (exact) mass is 196 g/mol. The van der Waals surface area contributed by atoms with Gasteiger partial charge in [0.1, 0.15) is 0 Å². The molecule has 1 rings (SSSR count). The van der Waals surface area contributed by atoms with E-state index in [-0.39, 0.29) is 5.92 Å². The lowest BCUT2D eigenvalue weighted by Crippen LogP contribution is -2.15. The van der Waals surface area contributed by atoms with Gasteiger partial charge in [0.25, 0.3) is 0 Å². The third-order valence-corrected chi connectivity index (χ3v) is 2.98. The number of carboxylic acids is 1. The standard InChI is InChI=1S/C12H20O2/c1-2-11(12(13)14)10-8-6-4-3-5-7-9-10/h8,11H,2-7,9H2,1H3,(H,13,14)/b10-8+. The van der Waals surface area contributed by atoms with Crippen LogP contribution in [0.15, 0.2) is 11.6 Å². The molecule has 0 radical (unpaired) electrons. The van der Waals surface area contributed by atoms with Crippen LogP contribution in [0.2, 0.25) is 0 Å². The van der Waals surface area contributed by atoms with E-state index in [2.05, 4.69) is 6.08 Å². The molecule has 0 spiro atoms. The molecule has 0 saturated heterocycles. The van der Waals surface area contributed by atoms with Crippen LogP contribution in [0.5, 0.6) is 0 Å². The van der Waals surface area contributed by atoms with Gasteiger partial charge in [-0.05, 0) is 32.1 Å². The van der Waals surface area contributed by atoms with Gasteiger partial charge >= 0.3 is 5.97 Å². The van der Waals surface area contributed by atoms with Crippen molar-refractivity contribution in [1.82, 2.24) is 0 Å². The molecule has 0 aromatic heterocycles. The lowest BCUT2D eigenvalue weighted by atomic mass is 9.89. The van der Waals surface area contributed by atoms with E-state index in [0.717, 1.165) is 25.7 Å². The van der Waals surface area contributed by atoms with Gasteiger partial charge in [-0.2, -0.15) is 0 Å². The molecular weight excluding hydrogens is 176 g/mol. The van der Waals surface area contributed by atoms with Crippen LogP contribution in [0.1, 0.15) is 51.9 Å². The van der Waals surface area contributed by atoms with E-state index in [4.69, 9.17) is 5.11 Å². The van der Waals surface area contributed by atoms with Gasteiger partial charge in [-0.1, -0.05) is 31.4 Å². The molecule has 0 aromatic carbocycles. The van der Waals surface area contributed by atoms with E-state index in [1.165, 1.54) is 24.8 Å². The van der Waals surface area contributed by atoms with Crippen molar-refractivity contribution in [1.29, 1.82) is 0 Å². The summed E-state index contributed by atoms with van der Waals surface area (Å²) < 4.78 is 0. The molecule has 0 aliphatic heterocycles. The number of carboxylic acid groups (broad SMARTS) is 1. The highest BCUT2D eigenvalue weighted by molar-refractivity contribution is 5.73. The molecule has 1 unspecified atom stereocenters. The van der Waals surface area contributed by atoms with Crippen molar-refractivity contribution in [2.45, 2.75) is 51.9 Å². The first-order valence-corrected chi connectivity index (χ1v) is 5.67. The molecule has 2 nitrogen and oxygen atoms in total. The van der Waals surface area contributed by atoms with E-state index >= 15 is 0 Å². The molecule has 1 aliphatic carbocycles. The minimum Gasteiger partial charge on any atom is -0.481 e. The molecule has 2 heteroatoms. The number of hydrogen-bond donors (Lipinski definition) is 1. The van der Waals surface area contributed by atoms with Crippen molar-refractivity contribution < 1.29 is 9.90 Å². The van der Waals surface area contributed by atoms with Crippen LogP contribution < -0.4 is 0 Å². The highest BCUT2D eigenvalue weighted by atomic mass is 16.4. The van der Waals surface area contributed by atoms with Crippen LogP contribution in [0.4, 0.5) is 0 Å². The van der Waals surface area contributed by atoms with E-state index in [1.807, 2.05) is 6.92 Å². The zero-order chi connectivity index (χ0) is 10.4. The Hall–Kier alpha value is -0.790. The zero-order valence-electron chi connectivity index (χ0n) is 8.96. The smallest absolute Gasteiger partial charge is 0.310 e. The summed E-state index contributed by atoms with van der Waals surface area (Å²) in [5, 5.41) is 9.05. The summed E-state index contributed by atoms with van der Waals surface area (Å²) in [4.78, 5) is 11.0. The summed E-state index contributed by atoms with van der Waals surface area (Å²) in [7, 11) is 0. The van der Waals surface area contributed by atoms with Crippen LogP contribution in [-0.4, -0.2) is 11.1 Å². The molecule has 80 valence electrons. The van der Waals surface area contributed by atoms with Crippen molar-refractivity contribution in [3.05, 3.63) is 11.6 Å². The summed E-state index contributed by atoms with van der Waals surface area (Å²) in [6.45, 7) is 1.96. The molecular formula is C12H20O2. The lowest BCUT2D eigenvalue weighted by Gasteiger charge is -2.16. The minimum atomic E-state index is -0.653. The topological polar surface area (TPSA) is 37.3 Å². The van der Waals surface area contributed by atoms with Gasteiger partial charge in [0.2, 0.25) is 0 Å². The van der Waals surface area contributed by atoms with Gasteiger partial charge in [0.15, 0.2) is 0 Å². The Morgan fingerprint density at radius 1 is 1.43 bits per heavy atom. The van der Waals surface area contributed by atoms with Gasteiger partial charge < -0.3 is 5.11 Å². The summed E-state index contributed by atoms with van der Waals surface area (Å²) >= 11 is 0. The first-order chi connectivity index (χ1) is 6.75. The van der Waals surface area contributed by atoms with Crippen LogP contribution >= 0.6 is 0 Å². The Labute approximate surface area is 86.0 Å². The number of allylic oxidation sites excluding steroid dienone is 1. The molecule has 14 heavy (non-hydrogen) atoms. The van der Waals surface area contributed by atoms with Crippen molar-refractivity contribution in [3.63, 3.8) is 0 Å². The quantitative estimate of drug-likeness (QED) is 0.702. The second kappa shape index (κ2) is 5.84. The SMILES string of the molecule is CCC(C(=O)O)/C1=C/CCCCCC1. The maximum absolute atomic E-state index is 11.0. The first kappa shape index (κ1) is 11.3. The normalized spacial score (nSPS) is 24.2. The second-order valence-electron chi connectivity index (χ2n) is 4.03. The van der Waals surface area contributed by atoms with Crippen LogP contribution in [0, 0.1) is 5.92 Å².